The van der Waals surface area contributed by atoms with E-state index in [-0.39, 0.29) is 0 Å². The van der Waals surface area contributed by atoms with E-state index in [1.165, 1.54) is 12.8 Å². The molecule has 0 unspecified atom stereocenters. The van der Waals surface area contributed by atoms with Crippen molar-refractivity contribution >= 4 is 27.5 Å². The van der Waals surface area contributed by atoms with Gasteiger partial charge in [-0.1, -0.05) is 11.6 Å². The number of halogens is 2. The normalized spacial score (nSPS) is 15.8. The van der Waals surface area contributed by atoms with E-state index in [0.717, 1.165) is 22.7 Å². The predicted octanol–water partition coefficient (Wildman–Crippen LogP) is 3.89. The minimum absolute atomic E-state index is 0.717. The highest BCUT2D eigenvalue weighted by molar-refractivity contribution is 9.10. The summed E-state index contributed by atoms with van der Waals surface area (Å²) in [6.07, 6.45) is 2.61. The van der Waals surface area contributed by atoms with E-state index in [4.69, 9.17) is 16.3 Å². The van der Waals surface area contributed by atoms with Crippen LogP contribution in [0.2, 0.25) is 5.02 Å². The van der Waals surface area contributed by atoms with Crippen molar-refractivity contribution in [3.8, 4) is 5.75 Å². The fourth-order valence-corrected chi connectivity index (χ4v) is 1.60. The van der Waals surface area contributed by atoms with Crippen LogP contribution < -0.4 is 4.74 Å². The molecule has 2 rings (SSSR count). The van der Waals surface area contributed by atoms with Gasteiger partial charge in [0.15, 0.2) is 0 Å². The smallest absolute Gasteiger partial charge is 0.134 e. The Kier molecular flexibility index (Phi) is 2.80. The van der Waals surface area contributed by atoms with Crippen LogP contribution in [0.4, 0.5) is 0 Å². The summed E-state index contributed by atoms with van der Waals surface area (Å²) < 4.78 is 6.58. The Labute approximate surface area is 91.2 Å². The van der Waals surface area contributed by atoms with Crippen molar-refractivity contribution < 1.29 is 4.74 Å². The Morgan fingerprint density at radius 1 is 1.46 bits per heavy atom. The second-order valence-corrected chi connectivity index (χ2v) is 4.62. The van der Waals surface area contributed by atoms with Crippen molar-refractivity contribution in [2.45, 2.75) is 12.8 Å². The predicted molar refractivity (Wildman–Crippen MR) is 57.4 cm³/mol. The van der Waals surface area contributed by atoms with Crippen molar-refractivity contribution in [3.63, 3.8) is 0 Å². The molecular formula is C10H10BrClO. The molecule has 1 aromatic rings. The molecule has 1 fully saturated rings. The topological polar surface area (TPSA) is 9.23 Å². The van der Waals surface area contributed by atoms with Gasteiger partial charge in [-0.2, -0.15) is 0 Å². The van der Waals surface area contributed by atoms with Crippen LogP contribution in [0.3, 0.4) is 0 Å². The molecule has 0 saturated heterocycles. The molecule has 13 heavy (non-hydrogen) atoms. The van der Waals surface area contributed by atoms with Gasteiger partial charge in [-0.05, 0) is 52.9 Å². The van der Waals surface area contributed by atoms with Gasteiger partial charge in [-0.3, -0.25) is 0 Å². The lowest BCUT2D eigenvalue weighted by Crippen LogP contribution is -1.99. The maximum Gasteiger partial charge on any atom is 0.134 e. The molecular weight excluding hydrogens is 251 g/mol. The summed E-state index contributed by atoms with van der Waals surface area (Å²) >= 11 is 9.26. The molecule has 0 heterocycles. The molecule has 1 aliphatic carbocycles. The molecule has 70 valence electrons. The molecule has 0 radical (unpaired) electrons. The first-order chi connectivity index (χ1) is 6.25. The van der Waals surface area contributed by atoms with Gasteiger partial charge in [0.25, 0.3) is 0 Å². The third-order valence-electron chi connectivity index (χ3n) is 2.06. The molecule has 0 atom stereocenters. The summed E-state index contributed by atoms with van der Waals surface area (Å²) in [7, 11) is 0. The fourth-order valence-electron chi connectivity index (χ4n) is 1.08. The van der Waals surface area contributed by atoms with E-state index in [0.29, 0.717) is 5.02 Å². The number of benzene rings is 1. The molecule has 0 N–H and O–H groups in total. The lowest BCUT2D eigenvalue weighted by Gasteiger charge is -2.07. The van der Waals surface area contributed by atoms with E-state index in [9.17, 15) is 0 Å². The largest absolute Gasteiger partial charge is 0.492 e. The van der Waals surface area contributed by atoms with Gasteiger partial charge in [0, 0.05) is 5.02 Å². The van der Waals surface area contributed by atoms with Crippen molar-refractivity contribution in [3.05, 3.63) is 27.7 Å². The van der Waals surface area contributed by atoms with Gasteiger partial charge in [0.2, 0.25) is 0 Å². The molecule has 0 amide bonds. The van der Waals surface area contributed by atoms with Crippen molar-refractivity contribution in [2.24, 2.45) is 5.92 Å². The first-order valence-electron chi connectivity index (χ1n) is 4.33. The van der Waals surface area contributed by atoms with Crippen LogP contribution in [0.25, 0.3) is 0 Å². The fraction of sp³-hybridized carbons (Fsp3) is 0.400. The minimum Gasteiger partial charge on any atom is -0.492 e. The highest BCUT2D eigenvalue weighted by Crippen LogP contribution is 2.32. The summed E-state index contributed by atoms with van der Waals surface area (Å²) in [5.41, 5.74) is 0. The Hall–Kier alpha value is -0.210. The van der Waals surface area contributed by atoms with E-state index in [1.807, 2.05) is 18.2 Å². The second-order valence-electron chi connectivity index (χ2n) is 3.33. The number of hydrogen-bond donors (Lipinski definition) is 0. The van der Waals surface area contributed by atoms with Gasteiger partial charge < -0.3 is 4.74 Å². The van der Waals surface area contributed by atoms with Crippen LogP contribution in [-0.2, 0) is 0 Å². The molecule has 1 nitrogen and oxygen atoms in total. The monoisotopic (exact) mass is 260 g/mol. The Morgan fingerprint density at radius 2 is 2.23 bits per heavy atom. The molecule has 0 bridgehead atoms. The van der Waals surface area contributed by atoms with Crippen molar-refractivity contribution in [1.29, 1.82) is 0 Å². The second kappa shape index (κ2) is 3.89. The molecule has 1 saturated carbocycles. The zero-order valence-corrected chi connectivity index (χ0v) is 9.44. The van der Waals surface area contributed by atoms with Crippen LogP contribution in [-0.4, -0.2) is 6.61 Å². The van der Waals surface area contributed by atoms with Gasteiger partial charge in [0.05, 0.1) is 11.1 Å². The van der Waals surface area contributed by atoms with Gasteiger partial charge in [-0.15, -0.1) is 0 Å². The van der Waals surface area contributed by atoms with Crippen LogP contribution in [0.1, 0.15) is 12.8 Å². The lowest BCUT2D eigenvalue weighted by molar-refractivity contribution is 0.298. The standard InChI is InChI=1S/C10H10BrClO/c11-9-4-3-8(12)5-10(9)13-6-7-1-2-7/h3-5,7H,1-2,6H2. The lowest BCUT2D eigenvalue weighted by atomic mass is 10.3. The first-order valence-corrected chi connectivity index (χ1v) is 5.50. The van der Waals surface area contributed by atoms with Gasteiger partial charge >= 0.3 is 0 Å². The summed E-state index contributed by atoms with van der Waals surface area (Å²) in [5, 5.41) is 0.717. The Balaban J connectivity index is 2.03. The maximum absolute atomic E-state index is 5.85. The highest BCUT2D eigenvalue weighted by Gasteiger charge is 2.22. The maximum atomic E-state index is 5.85. The molecule has 0 aliphatic heterocycles. The third-order valence-corrected chi connectivity index (χ3v) is 2.95. The molecule has 3 heteroatoms. The molecule has 0 aromatic heterocycles. The van der Waals surface area contributed by atoms with E-state index in [1.54, 1.807) is 0 Å². The summed E-state index contributed by atoms with van der Waals surface area (Å²) in [6, 6.07) is 5.59. The molecule has 0 spiro atoms. The van der Waals surface area contributed by atoms with E-state index >= 15 is 0 Å². The van der Waals surface area contributed by atoms with Crippen molar-refractivity contribution in [2.75, 3.05) is 6.61 Å². The number of ether oxygens (including phenoxy) is 1. The van der Waals surface area contributed by atoms with Gasteiger partial charge in [0.1, 0.15) is 5.75 Å². The van der Waals surface area contributed by atoms with Gasteiger partial charge in [-0.25, -0.2) is 0 Å². The third kappa shape index (κ3) is 2.61. The summed E-state index contributed by atoms with van der Waals surface area (Å²) in [6.45, 7) is 0.818. The zero-order valence-electron chi connectivity index (χ0n) is 7.09. The molecule has 1 aromatic carbocycles. The van der Waals surface area contributed by atoms with E-state index in [2.05, 4.69) is 15.9 Å². The van der Waals surface area contributed by atoms with Crippen molar-refractivity contribution in [1.82, 2.24) is 0 Å². The Morgan fingerprint density at radius 3 is 2.92 bits per heavy atom. The van der Waals surface area contributed by atoms with Crippen LogP contribution in [0.15, 0.2) is 22.7 Å². The highest BCUT2D eigenvalue weighted by atomic mass is 79.9. The summed E-state index contributed by atoms with van der Waals surface area (Å²) in [4.78, 5) is 0. The average molecular weight is 262 g/mol. The Bertz CT molecular complexity index is 310. The number of rotatable bonds is 3. The first kappa shape index (κ1) is 9.35. The zero-order chi connectivity index (χ0) is 9.26. The van der Waals surface area contributed by atoms with E-state index < -0.39 is 0 Å². The van der Waals surface area contributed by atoms with Crippen LogP contribution in [0.5, 0.6) is 5.75 Å². The SMILES string of the molecule is Clc1ccc(Br)c(OCC2CC2)c1. The summed E-state index contributed by atoms with van der Waals surface area (Å²) in [5.74, 6) is 1.62. The number of hydrogen-bond acceptors (Lipinski definition) is 1. The quantitative estimate of drug-likeness (QED) is 0.802. The average Bonchev–Trinajstić information content (AvgIpc) is 2.90. The van der Waals surface area contributed by atoms with Crippen LogP contribution in [0, 0.1) is 5.92 Å². The minimum atomic E-state index is 0.717. The molecule has 1 aliphatic rings. The van der Waals surface area contributed by atoms with Crippen LogP contribution >= 0.6 is 27.5 Å².